The number of para-hydroxylation sites is 1. The zero-order valence-electron chi connectivity index (χ0n) is 14.2. The molecule has 4 aromatic rings. The van der Waals surface area contributed by atoms with Crippen molar-refractivity contribution >= 4 is 39.6 Å². The molecule has 0 amide bonds. The van der Waals surface area contributed by atoms with Gasteiger partial charge in [-0.15, -0.1) is 4.68 Å². The summed E-state index contributed by atoms with van der Waals surface area (Å²) < 4.78 is 8.62. The molecule has 0 aliphatic rings. The molecule has 26 heavy (non-hydrogen) atoms. The molecule has 1 unspecified atom stereocenters. The number of carbonyl (C=O) groups excluding carboxylic acids is 1. The summed E-state index contributed by atoms with van der Waals surface area (Å²) in [5, 5.41) is 4.26. The van der Waals surface area contributed by atoms with E-state index in [1.807, 2.05) is 30.5 Å². The van der Waals surface area contributed by atoms with E-state index in [1.54, 1.807) is 29.4 Å². The number of halogens is 1. The van der Waals surface area contributed by atoms with Crippen LogP contribution in [0.3, 0.4) is 0 Å². The number of imidazole rings is 1. The molecule has 1 atom stereocenters. The lowest BCUT2D eigenvalue weighted by Gasteiger charge is -2.12. The van der Waals surface area contributed by atoms with Crippen LogP contribution in [0.15, 0.2) is 36.8 Å². The Bertz CT molecular complexity index is 1120. The minimum atomic E-state index is -0.578. The third-order valence-electron chi connectivity index (χ3n) is 4.17. The molecule has 3 heterocycles. The Balaban J connectivity index is 1.97. The quantitative estimate of drug-likeness (QED) is 0.338. The van der Waals surface area contributed by atoms with Crippen LogP contribution < -0.4 is 4.68 Å². The van der Waals surface area contributed by atoms with Gasteiger partial charge in [0.1, 0.15) is 6.04 Å². The van der Waals surface area contributed by atoms with E-state index in [9.17, 15) is 4.79 Å². The van der Waals surface area contributed by atoms with Gasteiger partial charge in [0.15, 0.2) is 16.7 Å². The van der Waals surface area contributed by atoms with Crippen LogP contribution in [0.2, 0.25) is 5.28 Å². The molecule has 1 aromatic carbocycles. The number of carbonyl (C=O) groups is 1. The fourth-order valence-corrected chi connectivity index (χ4v) is 3.08. The van der Waals surface area contributed by atoms with Gasteiger partial charge < -0.3 is 9.30 Å². The summed E-state index contributed by atoms with van der Waals surface area (Å²) >= 11 is 6.10. The molecular formula is C17H16ClN6O2+. The summed E-state index contributed by atoms with van der Waals surface area (Å²) in [7, 11) is 0. The molecule has 9 heteroatoms. The minimum Gasteiger partial charge on any atom is -0.464 e. The van der Waals surface area contributed by atoms with E-state index in [-0.39, 0.29) is 11.3 Å². The lowest BCUT2D eigenvalue weighted by Crippen LogP contribution is -2.35. The summed E-state index contributed by atoms with van der Waals surface area (Å²) in [6, 6.07) is 7.26. The predicted octanol–water partition coefficient (Wildman–Crippen LogP) is 2.36. The molecule has 0 aliphatic carbocycles. The lowest BCUT2D eigenvalue weighted by atomic mass is 10.2. The molecular weight excluding hydrogens is 356 g/mol. The SMILES string of the molecule is CCOC(=O)C(C)n1cnc2nc(Cl)nc(-[n+]3[nH]cc4ccccc43)c21. The normalized spacial score (nSPS) is 12.6. The number of ether oxygens (including phenoxy) is 1. The fourth-order valence-electron chi connectivity index (χ4n) is 2.92. The molecule has 0 spiro atoms. The van der Waals surface area contributed by atoms with Crippen LogP contribution in [0.4, 0.5) is 0 Å². The number of esters is 1. The molecule has 0 saturated carbocycles. The highest BCUT2D eigenvalue weighted by molar-refractivity contribution is 6.28. The highest BCUT2D eigenvalue weighted by atomic mass is 35.5. The van der Waals surface area contributed by atoms with Crippen LogP contribution in [-0.4, -0.2) is 37.2 Å². The van der Waals surface area contributed by atoms with Crippen LogP contribution in [-0.2, 0) is 9.53 Å². The second-order valence-electron chi connectivity index (χ2n) is 5.74. The number of benzene rings is 1. The first-order chi connectivity index (χ1) is 12.6. The van der Waals surface area contributed by atoms with Gasteiger partial charge in [0.05, 0.1) is 19.1 Å². The van der Waals surface area contributed by atoms with Crippen molar-refractivity contribution in [2.45, 2.75) is 19.9 Å². The Morgan fingerprint density at radius 2 is 2.19 bits per heavy atom. The third kappa shape index (κ3) is 2.59. The summed E-state index contributed by atoms with van der Waals surface area (Å²) in [5.41, 5.74) is 1.91. The van der Waals surface area contributed by atoms with E-state index in [1.165, 1.54) is 0 Å². The van der Waals surface area contributed by atoms with E-state index in [4.69, 9.17) is 16.3 Å². The van der Waals surface area contributed by atoms with Gasteiger partial charge in [0.25, 0.3) is 0 Å². The maximum absolute atomic E-state index is 12.2. The number of fused-ring (bicyclic) bond motifs is 2. The predicted molar refractivity (Wildman–Crippen MR) is 95.1 cm³/mol. The molecule has 0 radical (unpaired) electrons. The standard InChI is InChI=1S/C17H15ClN6O2/c1-3-26-16(25)10(2)23-9-19-14-13(23)15(22-17(18)21-14)24-12-7-5-4-6-11(12)8-20-24/h4-10H,3H2,1-2H3/p+1. The minimum absolute atomic E-state index is 0.0766. The Morgan fingerprint density at radius 3 is 3.00 bits per heavy atom. The zero-order valence-corrected chi connectivity index (χ0v) is 14.9. The fraction of sp³-hybridized carbons (Fsp3) is 0.235. The van der Waals surface area contributed by atoms with Crippen molar-refractivity contribution in [3.63, 3.8) is 0 Å². The summed E-state index contributed by atoms with van der Waals surface area (Å²) in [6.07, 6.45) is 3.42. The molecule has 8 nitrogen and oxygen atoms in total. The van der Waals surface area contributed by atoms with Gasteiger partial charge in [-0.25, -0.2) is 14.9 Å². The van der Waals surface area contributed by atoms with Gasteiger partial charge in [-0.1, -0.05) is 12.1 Å². The smallest absolute Gasteiger partial charge is 0.378 e. The Hall–Kier alpha value is -3.00. The number of aromatic amines is 1. The molecule has 0 aliphatic heterocycles. The number of aromatic nitrogens is 6. The topological polar surface area (TPSA) is 89.6 Å². The average Bonchev–Trinajstić information content (AvgIpc) is 3.24. The van der Waals surface area contributed by atoms with Crippen molar-refractivity contribution in [3.05, 3.63) is 42.1 Å². The molecule has 1 N–H and O–H groups in total. The molecule has 132 valence electrons. The molecule has 0 fully saturated rings. The average molecular weight is 372 g/mol. The van der Waals surface area contributed by atoms with E-state index in [0.717, 1.165) is 10.9 Å². The van der Waals surface area contributed by atoms with Crippen molar-refractivity contribution in [1.82, 2.24) is 24.6 Å². The van der Waals surface area contributed by atoms with Crippen molar-refractivity contribution in [3.8, 4) is 5.82 Å². The first kappa shape index (κ1) is 16.5. The third-order valence-corrected chi connectivity index (χ3v) is 4.34. The van der Waals surface area contributed by atoms with Gasteiger partial charge in [-0.2, -0.15) is 4.98 Å². The number of nitrogens with one attached hydrogen (secondary N) is 1. The van der Waals surface area contributed by atoms with Crippen LogP contribution in [0.5, 0.6) is 0 Å². The number of hydrogen-bond acceptors (Lipinski definition) is 5. The summed E-state index contributed by atoms with van der Waals surface area (Å²) in [4.78, 5) is 25.1. The van der Waals surface area contributed by atoms with Crippen molar-refractivity contribution in [2.24, 2.45) is 0 Å². The first-order valence-electron chi connectivity index (χ1n) is 8.15. The molecule has 3 aromatic heterocycles. The van der Waals surface area contributed by atoms with Gasteiger partial charge >= 0.3 is 17.1 Å². The first-order valence-corrected chi connectivity index (χ1v) is 8.53. The number of rotatable bonds is 4. The molecule has 0 saturated heterocycles. The van der Waals surface area contributed by atoms with E-state index in [2.05, 4.69) is 20.1 Å². The second-order valence-corrected chi connectivity index (χ2v) is 6.07. The highest BCUT2D eigenvalue weighted by Crippen LogP contribution is 2.23. The van der Waals surface area contributed by atoms with E-state index >= 15 is 0 Å². The maximum atomic E-state index is 12.2. The Labute approximate surface area is 153 Å². The lowest BCUT2D eigenvalue weighted by molar-refractivity contribution is -0.632. The monoisotopic (exact) mass is 371 g/mol. The second kappa shape index (κ2) is 6.38. The Kier molecular flexibility index (Phi) is 4.04. The van der Waals surface area contributed by atoms with Crippen LogP contribution >= 0.6 is 11.6 Å². The van der Waals surface area contributed by atoms with Crippen LogP contribution in [0.1, 0.15) is 19.9 Å². The van der Waals surface area contributed by atoms with Crippen molar-refractivity contribution < 1.29 is 14.2 Å². The molecule has 0 bridgehead atoms. The van der Waals surface area contributed by atoms with Gasteiger partial charge in [0, 0.05) is 5.39 Å². The summed E-state index contributed by atoms with van der Waals surface area (Å²) in [6.45, 7) is 3.82. The maximum Gasteiger partial charge on any atom is 0.378 e. The van der Waals surface area contributed by atoms with E-state index in [0.29, 0.717) is 23.6 Å². The Morgan fingerprint density at radius 1 is 1.38 bits per heavy atom. The van der Waals surface area contributed by atoms with Gasteiger partial charge in [-0.05, 0) is 42.6 Å². The van der Waals surface area contributed by atoms with Crippen LogP contribution in [0.25, 0.3) is 27.9 Å². The highest BCUT2D eigenvalue weighted by Gasteiger charge is 2.28. The number of hydrogen-bond donors (Lipinski definition) is 1. The van der Waals surface area contributed by atoms with Gasteiger partial charge in [-0.3, -0.25) is 0 Å². The number of H-pyrrole nitrogens is 1. The van der Waals surface area contributed by atoms with Crippen LogP contribution in [0, 0.1) is 0 Å². The zero-order chi connectivity index (χ0) is 18.3. The van der Waals surface area contributed by atoms with Crippen molar-refractivity contribution in [2.75, 3.05) is 6.61 Å². The number of nitrogens with zero attached hydrogens (tertiary/aromatic N) is 5. The molecule has 4 rings (SSSR count). The van der Waals surface area contributed by atoms with E-state index < -0.39 is 6.04 Å². The van der Waals surface area contributed by atoms with Crippen molar-refractivity contribution in [1.29, 1.82) is 0 Å². The largest absolute Gasteiger partial charge is 0.464 e. The summed E-state index contributed by atoms with van der Waals surface area (Å²) in [5.74, 6) is 0.156. The van der Waals surface area contributed by atoms with Gasteiger partial charge in [0.2, 0.25) is 0 Å².